The van der Waals surface area contributed by atoms with Gasteiger partial charge >= 0.3 is 5.97 Å². The zero-order valence-corrected chi connectivity index (χ0v) is 14.8. The zero-order chi connectivity index (χ0) is 18.2. The first kappa shape index (κ1) is 17.2. The molecule has 0 radical (unpaired) electrons. The highest BCUT2D eigenvalue weighted by Gasteiger charge is 2.45. The fourth-order valence-corrected chi connectivity index (χ4v) is 3.09. The van der Waals surface area contributed by atoms with Crippen molar-refractivity contribution >= 4 is 17.7 Å². The molecule has 8 nitrogen and oxygen atoms in total. The molecule has 134 valence electrons. The fraction of sp³-hybridized carbons (Fsp3) is 0.529. The summed E-state index contributed by atoms with van der Waals surface area (Å²) in [5.41, 5.74) is 5.43. The highest BCUT2D eigenvalue weighted by molar-refractivity contribution is 5.77. The third kappa shape index (κ3) is 3.16. The lowest BCUT2D eigenvalue weighted by atomic mass is 9.88. The molecule has 0 aromatic carbocycles. The summed E-state index contributed by atoms with van der Waals surface area (Å²) < 4.78 is 1.62. The molecule has 0 bridgehead atoms. The van der Waals surface area contributed by atoms with Crippen molar-refractivity contribution in [3.05, 3.63) is 30.2 Å². The number of aliphatic carboxylic acids is 1. The molecule has 1 fully saturated rings. The standard InChI is InChI=1S/C17H24N6O2/c1-16(2,3)12-5-9-23(21-12)17(14(24)25)6-10-22(11-7-17)15-19-8-4-13(18)20-15/h4-5,8-9H,6-7,10-11H2,1-3H3,(H,24,25)(H2,18,19,20). The smallest absolute Gasteiger partial charge is 0.331 e. The fourth-order valence-electron chi connectivity index (χ4n) is 3.09. The van der Waals surface area contributed by atoms with Gasteiger partial charge in [0, 0.05) is 43.7 Å². The van der Waals surface area contributed by atoms with E-state index in [0.29, 0.717) is 37.7 Å². The SMILES string of the molecule is CC(C)(C)c1ccn(C2(C(=O)O)CCN(c3nccc(N)n3)CC2)n1. The molecule has 3 N–H and O–H groups in total. The summed E-state index contributed by atoms with van der Waals surface area (Å²) >= 11 is 0. The molecule has 25 heavy (non-hydrogen) atoms. The highest BCUT2D eigenvalue weighted by atomic mass is 16.4. The second-order valence-electron chi connectivity index (χ2n) is 7.50. The quantitative estimate of drug-likeness (QED) is 0.870. The Morgan fingerprint density at radius 3 is 2.48 bits per heavy atom. The van der Waals surface area contributed by atoms with E-state index in [2.05, 4.69) is 35.8 Å². The molecule has 0 saturated carbocycles. The molecular weight excluding hydrogens is 320 g/mol. The molecule has 0 aliphatic carbocycles. The van der Waals surface area contributed by atoms with Gasteiger partial charge in [0.1, 0.15) is 5.82 Å². The number of nitrogens with zero attached hydrogens (tertiary/aromatic N) is 5. The summed E-state index contributed by atoms with van der Waals surface area (Å²) in [7, 11) is 0. The lowest BCUT2D eigenvalue weighted by Crippen LogP contribution is -2.51. The van der Waals surface area contributed by atoms with Crippen LogP contribution in [-0.2, 0) is 15.7 Å². The second-order valence-corrected chi connectivity index (χ2v) is 7.50. The summed E-state index contributed by atoms with van der Waals surface area (Å²) in [6.07, 6.45) is 4.23. The van der Waals surface area contributed by atoms with Gasteiger partial charge in [-0.15, -0.1) is 0 Å². The number of carboxylic acids is 1. The van der Waals surface area contributed by atoms with Crippen LogP contribution in [0.15, 0.2) is 24.5 Å². The minimum atomic E-state index is -1.04. The van der Waals surface area contributed by atoms with E-state index in [1.54, 1.807) is 23.1 Å². The van der Waals surface area contributed by atoms with Gasteiger partial charge in [0.2, 0.25) is 5.95 Å². The number of carbonyl (C=O) groups is 1. The third-order valence-electron chi connectivity index (χ3n) is 4.73. The third-order valence-corrected chi connectivity index (χ3v) is 4.73. The van der Waals surface area contributed by atoms with E-state index in [9.17, 15) is 9.90 Å². The van der Waals surface area contributed by atoms with Crippen LogP contribution in [-0.4, -0.2) is 43.9 Å². The van der Waals surface area contributed by atoms with E-state index in [1.807, 2.05) is 11.0 Å². The number of nitrogens with two attached hydrogens (primary N) is 1. The highest BCUT2D eigenvalue weighted by Crippen LogP contribution is 2.33. The van der Waals surface area contributed by atoms with Crippen LogP contribution in [0, 0.1) is 0 Å². The topological polar surface area (TPSA) is 110 Å². The number of aromatic nitrogens is 4. The maximum Gasteiger partial charge on any atom is 0.331 e. The number of hydrogen-bond donors (Lipinski definition) is 2. The Balaban J connectivity index is 1.84. The zero-order valence-electron chi connectivity index (χ0n) is 14.8. The molecule has 1 saturated heterocycles. The maximum absolute atomic E-state index is 12.1. The van der Waals surface area contributed by atoms with E-state index in [1.165, 1.54) is 0 Å². The van der Waals surface area contributed by atoms with Crippen LogP contribution in [0.1, 0.15) is 39.3 Å². The molecule has 0 spiro atoms. The van der Waals surface area contributed by atoms with E-state index in [4.69, 9.17) is 5.73 Å². The Labute approximate surface area is 146 Å². The lowest BCUT2D eigenvalue weighted by Gasteiger charge is -2.39. The minimum Gasteiger partial charge on any atom is -0.479 e. The first-order valence-electron chi connectivity index (χ1n) is 8.36. The predicted octanol–water partition coefficient (Wildman–Crippen LogP) is 1.63. The van der Waals surface area contributed by atoms with Gasteiger partial charge in [0.05, 0.1) is 5.69 Å². The summed E-state index contributed by atoms with van der Waals surface area (Å²) in [4.78, 5) is 22.5. The van der Waals surface area contributed by atoms with Gasteiger partial charge in [-0.1, -0.05) is 20.8 Å². The van der Waals surface area contributed by atoms with Crippen LogP contribution in [0.25, 0.3) is 0 Å². The Morgan fingerprint density at radius 2 is 1.96 bits per heavy atom. The van der Waals surface area contributed by atoms with Crippen LogP contribution in [0.4, 0.5) is 11.8 Å². The molecular formula is C17H24N6O2. The molecule has 0 unspecified atom stereocenters. The van der Waals surface area contributed by atoms with Gasteiger partial charge in [0.15, 0.2) is 5.54 Å². The molecule has 2 aromatic heterocycles. The average Bonchev–Trinajstić information content (AvgIpc) is 3.05. The monoisotopic (exact) mass is 344 g/mol. The summed E-state index contributed by atoms with van der Waals surface area (Å²) in [6, 6.07) is 3.53. The van der Waals surface area contributed by atoms with Gasteiger partial charge in [0.25, 0.3) is 0 Å². The molecule has 2 aromatic rings. The largest absolute Gasteiger partial charge is 0.479 e. The number of rotatable bonds is 3. The van der Waals surface area contributed by atoms with E-state index in [-0.39, 0.29) is 5.41 Å². The molecule has 1 aliphatic heterocycles. The van der Waals surface area contributed by atoms with Gasteiger partial charge < -0.3 is 15.7 Å². The van der Waals surface area contributed by atoms with Crippen molar-refractivity contribution in [2.45, 2.75) is 44.6 Å². The van der Waals surface area contributed by atoms with E-state index in [0.717, 1.165) is 5.69 Å². The summed E-state index contributed by atoms with van der Waals surface area (Å²) in [5, 5.41) is 14.5. The molecule has 0 atom stereocenters. The predicted molar refractivity (Wildman–Crippen MR) is 94.4 cm³/mol. The summed E-state index contributed by atoms with van der Waals surface area (Å²) in [5.74, 6) is 0.0843. The molecule has 1 aliphatic rings. The van der Waals surface area contributed by atoms with Gasteiger partial charge in [-0.2, -0.15) is 10.1 Å². The van der Waals surface area contributed by atoms with Crippen molar-refractivity contribution in [2.75, 3.05) is 23.7 Å². The Hall–Kier alpha value is -2.64. The van der Waals surface area contributed by atoms with Crippen molar-refractivity contribution in [1.29, 1.82) is 0 Å². The van der Waals surface area contributed by atoms with Crippen LogP contribution in [0.5, 0.6) is 0 Å². The van der Waals surface area contributed by atoms with Crippen LogP contribution >= 0.6 is 0 Å². The number of piperidine rings is 1. The van der Waals surface area contributed by atoms with Crippen molar-refractivity contribution < 1.29 is 9.90 Å². The Kier molecular flexibility index (Phi) is 4.14. The van der Waals surface area contributed by atoms with Crippen LogP contribution in [0.3, 0.4) is 0 Å². The van der Waals surface area contributed by atoms with Crippen molar-refractivity contribution in [2.24, 2.45) is 0 Å². The maximum atomic E-state index is 12.1. The first-order chi connectivity index (χ1) is 11.7. The van der Waals surface area contributed by atoms with E-state index >= 15 is 0 Å². The number of nitrogen functional groups attached to an aromatic ring is 1. The molecule has 8 heteroatoms. The lowest BCUT2D eigenvalue weighted by molar-refractivity contribution is -0.149. The normalized spacial score (nSPS) is 17.5. The van der Waals surface area contributed by atoms with Gasteiger partial charge in [-0.3, -0.25) is 4.68 Å². The Bertz CT molecular complexity index is 771. The second kappa shape index (κ2) is 6.02. The average molecular weight is 344 g/mol. The number of anilines is 2. The first-order valence-corrected chi connectivity index (χ1v) is 8.36. The molecule has 0 amide bonds. The molecule has 3 heterocycles. The minimum absolute atomic E-state index is 0.124. The van der Waals surface area contributed by atoms with Gasteiger partial charge in [-0.05, 0) is 12.1 Å². The van der Waals surface area contributed by atoms with Crippen molar-refractivity contribution in [3.8, 4) is 0 Å². The van der Waals surface area contributed by atoms with Gasteiger partial charge in [-0.25, -0.2) is 9.78 Å². The number of hydrogen-bond acceptors (Lipinski definition) is 6. The van der Waals surface area contributed by atoms with Crippen molar-refractivity contribution in [1.82, 2.24) is 19.7 Å². The Morgan fingerprint density at radius 1 is 1.28 bits per heavy atom. The van der Waals surface area contributed by atoms with E-state index < -0.39 is 11.5 Å². The summed E-state index contributed by atoms with van der Waals surface area (Å²) in [6.45, 7) is 7.24. The van der Waals surface area contributed by atoms with Crippen molar-refractivity contribution in [3.63, 3.8) is 0 Å². The van der Waals surface area contributed by atoms with Crippen LogP contribution < -0.4 is 10.6 Å². The van der Waals surface area contributed by atoms with Crippen LogP contribution in [0.2, 0.25) is 0 Å². The number of carboxylic acid groups (broad SMARTS) is 1. The molecule has 3 rings (SSSR count).